The third kappa shape index (κ3) is 2.05. The molecule has 21 heavy (non-hydrogen) atoms. The molecule has 0 fully saturated rings. The lowest BCUT2D eigenvalue weighted by Crippen LogP contribution is -2.36. The Morgan fingerprint density at radius 3 is 2.90 bits per heavy atom. The highest BCUT2D eigenvalue weighted by atomic mass is 16.2. The number of benzene rings is 1. The predicted molar refractivity (Wildman–Crippen MR) is 76.6 cm³/mol. The lowest BCUT2D eigenvalue weighted by molar-refractivity contribution is 0.0732. The summed E-state index contributed by atoms with van der Waals surface area (Å²) in [6.07, 6.45) is 5.75. The van der Waals surface area contributed by atoms with E-state index in [0.717, 1.165) is 28.8 Å². The molecule has 0 saturated carbocycles. The fourth-order valence-electron chi connectivity index (χ4n) is 2.66. The lowest BCUT2D eigenvalue weighted by Gasteiger charge is -2.26. The first-order valence-corrected chi connectivity index (χ1v) is 6.82. The minimum Gasteiger partial charge on any atom is -0.347 e. The first-order chi connectivity index (χ1) is 10.3. The second-order valence-corrected chi connectivity index (χ2v) is 5.06. The van der Waals surface area contributed by atoms with Crippen LogP contribution in [0.25, 0.3) is 11.0 Å². The molecular formula is C15H13N5O. The molecule has 0 bridgehead atoms. The number of rotatable bonds is 1. The van der Waals surface area contributed by atoms with Crippen LogP contribution >= 0.6 is 0 Å². The molecule has 3 heterocycles. The van der Waals surface area contributed by atoms with Crippen molar-refractivity contribution in [1.82, 2.24) is 24.8 Å². The van der Waals surface area contributed by atoms with Gasteiger partial charge in [0.1, 0.15) is 0 Å². The number of nitrogens with zero attached hydrogens (tertiary/aromatic N) is 4. The fraction of sp³-hybridized carbons (Fsp3) is 0.200. The van der Waals surface area contributed by atoms with Gasteiger partial charge in [-0.3, -0.25) is 14.8 Å². The summed E-state index contributed by atoms with van der Waals surface area (Å²) in [5.41, 5.74) is 4.26. The number of aromatic amines is 1. The van der Waals surface area contributed by atoms with Crippen molar-refractivity contribution in [2.45, 2.75) is 13.0 Å². The van der Waals surface area contributed by atoms with Gasteiger partial charge in [0.25, 0.3) is 5.91 Å². The molecule has 104 valence electrons. The summed E-state index contributed by atoms with van der Waals surface area (Å²) in [4.78, 5) is 30.3. The van der Waals surface area contributed by atoms with Gasteiger partial charge in [0.15, 0.2) is 0 Å². The monoisotopic (exact) mass is 279 g/mol. The molecule has 0 saturated heterocycles. The molecule has 0 atom stereocenters. The van der Waals surface area contributed by atoms with Gasteiger partial charge in [-0.25, -0.2) is 4.98 Å². The summed E-state index contributed by atoms with van der Waals surface area (Å²) >= 11 is 0. The summed E-state index contributed by atoms with van der Waals surface area (Å²) in [7, 11) is 0. The van der Waals surface area contributed by atoms with E-state index in [-0.39, 0.29) is 5.91 Å². The van der Waals surface area contributed by atoms with E-state index >= 15 is 0 Å². The summed E-state index contributed by atoms with van der Waals surface area (Å²) in [6.45, 7) is 1.27. The molecule has 1 amide bonds. The van der Waals surface area contributed by atoms with Gasteiger partial charge in [-0.2, -0.15) is 0 Å². The van der Waals surface area contributed by atoms with Crippen LogP contribution in [0.2, 0.25) is 0 Å². The van der Waals surface area contributed by atoms with Gasteiger partial charge in [-0.15, -0.1) is 0 Å². The number of hydrogen-bond acceptors (Lipinski definition) is 4. The molecule has 4 rings (SSSR count). The number of carbonyl (C=O) groups excluding carboxylic acids is 1. The smallest absolute Gasteiger partial charge is 0.254 e. The van der Waals surface area contributed by atoms with Crippen molar-refractivity contribution in [3.8, 4) is 0 Å². The van der Waals surface area contributed by atoms with Gasteiger partial charge in [-0.1, -0.05) is 0 Å². The van der Waals surface area contributed by atoms with Crippen molar-refractivity contribution < 1.29 is 4.79 Å². The second kappa shape index (κ2) is 4.66. The predicted octanol–water partition coefficient (Wildman–Crippen LogP) is 1.55. The Kier molecular flexibility index (Phi) is 2.67. The molecule has 1 aromatic carbocycles. The normalized spacial score (nSPS) is 14.2. The van der Waals surface area contributed by atoms with Gasteiger partial charge < -0.3 is 9.88 Å². The van der Waals surface area contributed by atoms with Crippen LogP contribution < -0.4 is 0 Å². The quantitative estimate of drug-likeness (QED) is 0.733. The first-order valence-electron chi connectivity index (χ1n) is 6.82. The van der Waals surface area contributed by atoms with Crippen LogP contribution in [-0.2, 0) is 13.0 Å². The molecule has 1 N–H and O–H groups in total. The van der Waals surface area contributed by atoms with Crippen molar-refractivity contribution in [1.29, 1.82) is 0 Å². The number of imidazole rings is 1. The Labute approximate surface area is 120 Å². The number of nitrogens with one attached hydrogen (secondary N) is 1. The molecular weight excluding hydrogens is 266 g/mol. The maximum absolute atomic E-state index is 12.6. The van der Waals surface area contributed by atoms with Gasteiger partial charge in [-0.05, 0) is 18.2 Å². The molecule has 0 aliphatic carbocycles. The van der Waals surface area contributed by atoms with E-state index in [4.69, 9.17) is 0 Å². The molecule has 6 heteroatoms. The zero-order valence-corrected chi connectivity index (χ0v) is 11.3. The fourth-order valence-corrected chi connectivity index (χ4v) is 2.66. The van der Waals surface area contributed by atoms with E-state index in [0.29, 0.717) is 18.7 Å². The number of amides is 1. The summed E-state index contributed by atoms with van der Waals surface area (Å²) in [5, 5.41) is 0. The van der Waals surface area contributed by atoms with E-state index < -0.39 is 0 Å². The third-order valence-electron chi connectivity index (χ3n) is 3.78. The number of hydrogen-bond donors (Lipinski definition) is 1. The van der Waals surface area contributed by atoms with Crippen LogP contribution in [0.4, 0.5) is 0 Å². The van der Waals surface area contributed by atoms with Crippen molar-refractivity contribution in [3.05, 3.63) is 53.9 Å². The Balaban J connectivity index is 1.64. The minimum absolute atomic E-state index is 0.0165. The number of H-pyrrole nitrogens is 1. The Morgan fingerprint density at radius 1 is 1.14 bits per heavy atom. The van der Waals surface area contributed by atoms with E-state index in [9.17, 15) is 4.79 Å². The van der Waals surface area contributed by atoms with Crippen molar-refractivity contribution in [2.75, 3.05) is 6.54 Å². The van der Waals surface area contributed by atoms with Gasteiger partial charge in [0.05, 0.1) is 35.3 Å². The highest BCUT2D eigenvalue weighted by molar-refractivity contribution is 5.97. The highest BCUT2D eigenvalue weighted by Crippen LogP contribution is 2.19. The maximum atomic E-state index is 12.6. The Hall–Kier alpha value is -2.76. The summed E-state index contributed by atoms with van der Waals surface area (Å²) in [5.74, 6) is 0.0165. The Bertz CT molecular complexity index is 826. The largest absolute Gasteiger partial charge is 0.347 e. The molecule has 0 spiro atoms. The topological polar surface area (TPSA) is 74.8 Å². The number of carbonyl (C=O) groups is 1. The van der Waals surface area contributed by atoms with Gasteiger partial charge in [0.2, 0.25) is 0 Å². The molecule has 1 aliphatic rings. The Morgan fingerprint density at radius 2 is 2.00 bits per heavy atom. The van der Waals surface area contributed by atoms with Crippen LogP contribution in [-0.4, -0.2) is 37.3 Å². The van der Waals surface area contributed by atoms with Crippen LogP contribution in [0, 0.1) is 0 Å². The zero-order valence-electron chi connectivity index (χ0n) is 11.3. The van der Waals surface area contributed by atoms with Crippen molar-refractivity contribution in [3.63, 3.8) is 0 Å². The van der Waals surface area contributed by atoms with Crippen molar-refractivity contribution in [2.24, 2.45) is 0 Å². The standard InChI is InChI=1S/C15H13N5O/c21-15(20-6-3-12-14(8-20)19-9-18-12)10-1-2-11-13(7-10)17-5-4-16-11/h1-2,4-5,7,9H,3,6,8H2,(H,18,19). The van der Waals surface area contributed by atoms with Crippen LogP contribution in [0.1, 0.15) is 21.7 Å². The lowest BCUT2D eigenvalue weighted by atomic mass is 10.1. The number of fused-ring (bicyclic) bond motifs is 2. The first kappa shape index (κ1) is 12.0. The van der Waals surface area contributed by atoms with Gasteiger partial charge >= 0.3 is 0 Å². The minimum atomic E-state index is 0.0165. The SMILES string of the molecule is O=C(c1ccc2nccnc2c1)N1CCc2nc[nH]c2C1. The highest BCUT2D eigenvalue weighted by Gasteiger charge is 2.23. The molecule has 2 aromatic heterocycles. The van der Waals surface area contributed by atoms with Crippen LogP contribution in [0.3, 0.4) is 0 Å². The van der Waals surface area contributed by atoms with Gasteiger partial charge in [0, 0.05) is 30.9 Å². The molecule has 6 nitrogen and oxygen atoms in total. The summed E-state index contributed by atoms with van der Waals surface area (Å²) in [6, 6.07) is 5.44. The van der Waals surface area contributed by atoms with E-state index in [1.165, 1.54) is 0 Å². The molecule has 0 radical (unpaired) electrons. The average Bonchev–Trinajstić information content (AvgIpc) is 3.01. The second-order valence-electron chi connectivity index (χ2n) is 5.06. The average molecular weight is 279 g/mol. The van der Waals surface area contributed by atoms with Crippen LogP contribution in [0.5, 0.6) is 0 Å². The maximum Gasteiger partial charge on any atom is 0.254 e. The van der Waals surface area contributed by atoms with Crippen LogP contribution in [0.15, 0.2) is 36.9 Å². The number of aromatic nitrogens is 4. The zero-order chi connectivity index (χ0) is 14.2. The molecule has 1 aliphatic heterocycles. The summed E-state index contributed by atoms with van der Waals surface area (Å²) < 4.78 is 0. The molecule has 0 unspecified atom stereocenters. The van der Waals surface area contributed by atoms with Crippen molar-refractivity contribution >= 4 is 16.9 Å². The third-order valence-corrected chi connectivity index (χ3v) is 3.78. The van der Waals surface area contributed by atoms with E-state index in [1.54, 1.807) is 24.8 Å². The molecule has 3 aromatic rings. The van der Waals surface area contributed by atoms with E-state index in [2.05, 4.69) is 19.9 Å². The van der Waals surface area contributed by atoms with E-state index in [1.807, 2.05) is 17.0 Å².